The number of hydrogen-bond acceptors (Lipinski definition) is 4. The van der Waals surface area contributed by atoms with Crippen molar-refractivity contribution in [3.8, 4) is 5.75 Å². The average Bonchev–Trinajstić information content (AvgIpc) is 2.19. The maximum absolute atomic E-state index is 11.4. The highest BCUT2D eigenvalue weighted by Crippen LogP contribution is 2.28. The molecule has 0 fully saturated rings. The first-order valence-electron chi connectivity index (χ1n) is 6.03. The van der Waals surface area contributed by atoms with Crippen molar-refractivity contribution >= 4 is 17.4 Å². The van der Waals surface area contributed by atoms with Crippen LogP contribution in [0.2, 0.25) is 5.02 Å². The molecular weight excluding hydrogens is 266 g/mol. The molecule has 1 rings (SSSR count). The Bertz CT molecular complexity index is 480. The highest BCUT2D eigenvalue weighted by atomic mass is 35.5. The molecule has 0 saturated carbocycles. The summed E-state index contributed by atoms with van der Waals surface area (Å²) in [6.45, 7) is 5.64. The fourth-order valence-electron chi connectivity index (χ4n) is 2.05. The fourth-order valence-corrected chi connectivity index (χ4v) is 2.29. The van der Waals surface area contributed by atoms with Gasteiger partial charge in [-0.15, -0.1) is 0 Å². The van der Waals surface area contributed by atoms with E-state index >= 15 is 0 Å². The number of phenols is 1. The zero-order valence-electron chi connectivity index (χ0n) is 11.7. The topological polar surface area (TPSA) is 60.8 Å². The van der Waals surface area contributed by atoms with Crippen molar-refractivity contribution in [3.05, 3.63) is 28.3 Å². The van der Waals surface area contributed by atoms with Gasteiger partial charge in [0.15, 0.2) is 5.78 Å². The van der Waals surface area contributed by atoms with Crippen molar-refractivity contribution in [2.75, 3.05) is 13.6 Å². The predicted molar refractivity (Wildman–Crippen MR) is 75.8 cm³/mol. The van der Waals surface area contributed by atoms with Gasteiger partial charge in [-0.1, -0.05) is 11.6 Å². The largest absolute Gasteiger partial charge is 0.507 e. The first kappa shape index (κ1) is 16.0. The van der Waals surface area contributed by atoms with E-state index in [4.69, 9.17) is 11.6 Å². The second-order valence-electron chi connectivity index (χ2n) is 5.50. The van der Waals surface area contributed by atoms with E-state index in [9.17, 15) is 15.0 Å². The molecule has 0 radical (unpaired) electrons. The number of hydrogen-bond donors (Lipinski definition) is 2. The van der Waals surface area contributed by atoms with E-state index in [2.05, 4.69) is 0 Å². The quantitative estimate of drug-likeness (QED) is 0.816. The molecular formula is C14H20ClNO3. The molecule has 0 heterocycles. The molecule has 0 saturated heterocycles. The van der Waals surface area contributed by atoms with Crippen molar-refractivity contribution in [1.29, 1.82) is 0 Å². The van der Waals surface area contributed by atoms with E-state index in [1.54, 1.807) is 19.9 Å². The van der Waals surface area contributed by atoms with Crippen LogP contribution in [0.5, 0.6) is 5.75 Å². The Balaban J connectivity index is 2.98. The van der Waals surface area contributed by atoms with Gasteiger partial charge in [0.2, 0.25) is 0 Å². The van der Waals surface area contributed by atoms with Gasteiger partial charge in [0, 0.05) is 23.7 Å². The fraction of sp³-hybridized carbons (Fsp3) is 0.500. The van der Waals surface area contributed by atoms with Crippen LogP contribution in [0.25, 0.3) is 0 Å². The zero-order valence-corrected chi connectivity index (χ0v) is 12.5. The predicted octanol–water partition coefficient (Wildman–Crippen LogP) is 2.45. The molecule has 0 aliphatic heterocycles. The van der Waals surface area contributed by atoms with Crippen LogP contribution in [0, 0.1) is 0 Å². The van der Waals surface area contributed by atoms with Gasteiger partial charge in [0.25, 0.3) is 0 Å². The first-order valence-corrected chi connectivity index (χ1v) is 6.41. The molecule has 0 spiro atoms. The summed E-state index contributed by atoms with van der Waals surface area (Å²) in [6, 6.07) is 3.09. The third kappa shape index (κ3) is 4.82. The van der Waals surface area contributed by atoms with Crippen LogP contribution in [0.15, 0.2) is 12.1 Å². The number of likely N-dealkylation sites (N-methyl/N-ethyl adjacent to an activating group) is 1. The van der Waals surface area contributed by atoms with Crippen molar-refractivity contribution < 1.29 is 15.0 Å². The normalized spacial score (nSPS) is 11.9. The number of Topliss-reactive ketones (excluding diaryl/α,β-unsaturated/α-hetero) is 1. The maximum Gasteiger partial charge on any atom is 0.163 e. The lowest BCUT2D eigenvalue weighted by atomic mass is 10.0. The molecule has 0 atom stereocenters. The maximum atomic E-state index is 11.4. The van der Waals surface area contributed by atoms with E-state index in [1.807, 2.05) is 11.9 Å². The van der Waals surface area contributed by atoms with Gasteiger partial charge >= 0.3 is 0 Å². The molecule has 106 valence electrons. The van der Waals surface area contributed by atoms with Crippen LogP contribution in [0.4, 0.5) is 0 Å². The number of benzene rings is 1. The number of aromatic hydroxyl groups is 1. The van der Waals surface area contributed by atoms with Gasteiger partial charge in [0.05, 0.1) is 11.2 Å². The standard InChI is InChI=1S/C14H20ClNO3/c1-9(17)12-6-11(15)5-10(13(12)18)7-16(4)8-14(2,3)19/h5-6,18-19H,7-8H2,1-4H3. The van der Waals surface area contributed by atoms with Gasteiger partial charge in [-0.25, -0.2) is 0 Å². The molecule has 0 aliphatic carbocycles. The lowest BCUT2D eigenvalue weighted by Crippen LogP contribution is -2.35. The number of rotatable bonds is 5. The minimum absolute atomic E-state index is 0.0421. The summed E-state index contributed by atoms with van der Waals surface area (Å²) in [6.07, 6.45) is 0. The van der Waals surface area contributed by atoms with E-state index in [0.29, 0.717) is 23.7 Å². The number of nitrogens with zero attached hydrogens (tertiary/aromatic N) is 1. The molecule has 4 nitrogen and oxygen atoms in total. The van der Waals surface area contributed by atoms with Crippen LogP contribution in [-0.2, 0) is 6.54 Å². The van der Waals surface area contributed by atoms with Crippen molar-refractivity contribution in [1.82, 2.24) is 4.90 Å². The van der Waals surface area contributed by atoms with Crippen LogP contribution < -0.4 is 0 Å². The SMILES string of the molecule is CC(=O)c1cc(Cl)cc(CN(C)CC(C)(C)O)c1O. The minimum Gasteiger partial charge on any atom is -0.507 e. The number of carbonyl (C=O) groups is 1. The summed E-state index contributed by atoms with van der Waals surface area (Å²) in [5, 5.41) is 20.2. The average molecular weight is 286 g/mol. The Morgan fingerprint density at radius 1 is 1.42 bits per heavy atom. The Morgan fingerprint density at radius 3 is 2.47 bits per heavy atom. The number of ketones is 1. The summed E-state index contributed by atoms with van der Waals surface area (Å²) >= 11 is 5.95. The molecule has 5 heteroatoms. The molecule has 0 amide bonds. The summed E-state index contributed by atoms with van der Waals surface area (Å²) in [5.74, 6) is -0.272. The van der Waals surface area contributed by atoms with E-state index in [1.165, 1.54) is 13.0 Å². The monoisotopic (exact) mass is 285 g/mol. The van der Waals surface area contributed by atoms with Gasteiger partial charge in [0.1, 0.15) is 5.75 Å². The van der Waals surface area contributed by atoms with E-state index < -0.39 is 5.60 Å². The Kier molecular flexibility index (Phi) is 4.96. The second-order valence-corrected chi connectivity index (χ2v) is 5.94. The lowest BCUT2D eigenvalue weighted by Gasteiger charge is -2.26. The third-order valence-corrected chi connectivity index (χ3v) is 2.85. The second kappa shape index (κ2) is 5.90. The molecule has 1 aromatic rings. The Morgan fingerprint density at radius 2 is 2.00 bits per heavy atom. The third-order valence-electron chi connectivity index (χ3n) is 2.63. The van der Waals surface area contributed by atoms with E-state index in [0.717, 1.165) is 0 Å². The molecule has 0 aromatic heterocycles. The Hall–Kier alpha value is -1.10. The highest BCUT2D eigenvalue weighted by Gasteiger charge is 2.18. The Labute approximate surface area is 118 Å². The summed E-state index contributed by atoms with van der Waals surface area (Å²) in [7, 11) is 1.83. The molecule has 19 heavy (non-hydrogen) atoms. The van der Waals surface area contributed by atoms with Crippen molar-refractivity contribution in [3.63, 3.8) is 0 Å². The smallest absolute Gasteiger partial charge is 0.163 e. The van der Waals surface area contributed by atoms with Crippen LogP contribution in [-0.4, -0.2) is 40.1 Å². The van der Waals surface area contributed by atoms with Crippen LogP contribution in [0.1, 0.15) is 36.7 Å². The van der Waals surface area contributed by atoms with Crippen LogP contribution >= 0.6 is 11.6 Å². The highest BCUT2D eigenvalue weighted by molar-refractivity contribution is 6.31. The molecule has 0 unspecified atom stereocenters. The molecule has 0 bridgehead atoms. The van der Waals surface area contributed by atoms with Crippen molar-refractivity contribution in [2.45, 2.75) is 32.9 Å². The van der Waals surface area contributed by atoms with Gasteiger partial charge in [-0.05, 0) is 40.0 Å². The number of phenolic OH excluding ortho intramolecular Hbond substituents is 1. The van der Waals surface area contributed by atoms with Gasteiger partial charge in [-0.3, -0.25) is 9.69 Å². The van der Waals surface area contributed by atoms with Crippen LogP contribution in [0.3, 0.4) is 0 Å². The molecule has 1 aromatic carbocycles. The van der Waals surface area contributed by atoms with E-state index in [-0.39, 0.29) is 17.1 Å². The number of carbonyl (C=O) groups excluding carboxylic acids is 1. The zero-order chi connectivity index (χ0) is 14.8. The van der Waals surface area contributed by atoms with Gasteiger partial charge < -0.3 is 10.2 Å². The number of halogens is 1. The molecule has 2 N–H and O–H groups in total. The number of aliphatic hydroxyl groups is 1. The summed E-state index contributed by atoms with van der Waals surface area (Å²) in [5.41, 5.74) is -0.0320. The van der Waals surface area contributed by atoms with Crippen molar-refractivity contribution in [2.24, 2.45) is 0 Å². The van der Waals surface area contributed by atoms with Gasteiger partial charge in [-0.2, -0.15) is 0 Å². The minimum atomic E-state index is -0.827. The lowest BCUT2D eigenvalue weighted by molar-refractivity contribution is 0.0422. The summed E-state index contributed by atoms with van der Waals surface area (Å²) in [4.78, 5) is 13.3. The molecule has 0 aliphatic rings. The summed E-state index contributed by atoms with van der Waals surface area (Å²) < 4.78 is 0. The first-order chi connectivity index (χ1) is 8.60.